The van der Waals surface area contributed by atoms with Crippen molar-refractivity contribution in [2.24, 2.45) is 0 Å². The zero-order valence-corrected chi connectivity index (χ0v) is 15.1. The van der Waals surface area contributed by atoms with E-state index in [0.29, 0.717) is 18.5 Å². The largest absolute Gasteiger partial charge is 0.364 e. The Morgan fingerprint density at radius 1 is 1.00 bits per heavy atom. The molecule has 0 spiro atoms. The number of rotatable bonds is 6. The Morgan fingerprint density at radius 3 is 2.29 bits per heavy atom. The quantitative estimate of drug-likeness (QED) is 0.638. The smallest absolute Gasteiger partial charge is 0.354 e. The molecule has 0 aliphatic carbocycles. The molecule has 5 heteroatoms. The molecule has 0 atom stereocenters. The molecule has 126 valence electrons. The molecule has 0 fully saturated rings. The maximum atomic E-state index is 13.5. The Morgan fingerprint density at radius 2 is 1.67 bits per heavy atom. The lowest BCUT2D eigenvalue weighted by atomic mass is 10.1. The molecule has 0 aliphatic heterocycles. The third-order valence-electron chi connectivity index (χ3n) is 3.86. The van der Waals surface area contributed by atoms with Crippen molar-refractivity contribution >= 4 is 23.8 Å². The van der Waals surface area contributed by atoms with E-state index in [0.717, 1.165) is 27.7 Å². The van der Waals surface area contributed by atoms with Gasteiger partial charge in [-0.25, -0.2) is 0 Å². The summed E-state index contributed by atoms with van der Waals surface area (Å²) in [6.07, 6.45) is 0. The second-order valence-electron chi connectivity index (χ2n) is 5.60. The molecule has 0 saturated heterocycles. The summed E-state index contributed by atoms with van der Waals surface area (Å²) < 4.78 is 24.8. The van der Waals surface area contributed by atoms with Crippen LogP contribution in [-0.4, -0.2) is 18.2 Å². The Hall–Kier alpha value is -1.87. The average Bonchev–Trinajstić information content (AvgIpc) is 2.95. The van der Waals surface area contributed by atoms with Crippen molar-refractivity contribution in [3.05, 3.63) is 54.1 Å². The van der Waals surface area contributed by atoms with E-state index in [-0.39, 0.29) is 0 Å². The van der Waals surface area contributed by atoms with Crippen LogP contribution in [0.2, 0.25) is 0 Å². The van der Waals surface area contributed by atoms with E-state index in [2.05, 4.69) is 4.98 Å². The maximum Gasteiger partial charge on any atom is 0.364 e. The standard InChI is InChI=1S/C19H22NO3P/c1-4-22-24(21,23-5-2)19-16-13-14(3)11-12-17(16)20-18(19)15-9-7-6-8-10-15/h6-13,20H,4-5H2,1-3H3. The molecule has 0 aliphatic rings. The van der Waals surface area contributed by atoms with Gasteiger partial charge in [0.15, 0.2) is 0 Å². The Bertz CT molecular complexity index is 876. The molecule has 4 nitrogen and oxygen atoms in total. The zero-order valence-electron chi connectivity index (χ0n) is 14.2. The molecule has 24 heavy (non-hydrogen) atoms. The van der Waals surface area contributed by atoms with Crippen LogP contribution in [0.4, 0.5) is 0 Å². The first kappa shape index (κ1) is 17.0. The first-order valence-corrected chi connectivity index (χ1v) is 9.70. The number of nitrogens with one attached hydrogen (secondary N) is 1. The number of hydrogen-bond donors (Lipinski definition) is 1. The highest BCUT2D eigenvalue weighted by molar-refractivity contribution is 7.63. The summed E-state index contributed by atoms with van der Waals surface area (Å²) in [4.78, 5) is 3.40. The SMILES string of the molecule is CCOP(=O)(OCC)c1c(-c2ccccc2)[nH]c2ccc(C)cc12. The first-order valence-electron chi connectivity index (χ1n) is 8.16. The highest BCUT2D eigenvalue weighted by atomic mass is 31.2. The van der Waals surface area contributed by atoms with Crippen LogP contribution in [0.5, 0.6) is 0 Å². The van der Waals surface area contributed by atoms with Gasteiger partial charge in [0.1, 0.15) is 0 Å². The van der Waals surface area contributed by atoms with Gasteiger partial charge in [0, 0.05) is 10.9 Å². The second-order valence-corrected chi connectivity index (χ2v) is 7.56. The molecule has 3 aromatic rings. The molecule has 1 aromatic heterocycles. The normalized spacial score (nSPS) is 12.0. The minimum absolute atomic E-state index is 0.323. The Kier molecular flexibility index (Phi) is 4.91. The Labute approximate surface area is 142 Å². The van der Waals surface area contributed by atoms with E-state index >= 15 is 0 Å². The van der Waals surface area contributed by atoms with Gasteiger partial charge >= 0.3 is 7.60 Å². The van der Waals surface area contributed by atoms with Crippen LogP contribution in [0.3, 0.4) is 0 Å². The summed E-state index contributed by atoms with van der Waals surface area (Å²) in [6, 6.07) is 15.9. The lowest BCUT2D eigenvalue weighted by Crippen LogP contribution is -2.12. The molecule has 0 radical (unpaired) electrons. The molecular weight excluding hydrogens is 321 g/mol. The van der Waals surface area contributed by atoms with Crippen LogP contribution in [0.1, 0.15) is 19.4 Å². The number of aryl methyl sites for hydroxylation is 1. The fourth-order valence-corrected chi connectivity index (χ4v) is 4.85. The van der Waals surface area contributed by atoms with Crippen LogP contribution in [-0.2, 0) is 13.6 Å². The van der Waals surface area contributed by atoms with E-state index in [4.69, 9.17) is 9.05 Å². The molecule has 0 bridgehead atoms. The van der Waals surface area contributed by atoms with Crippen molar-refractivity contribution in [3.8, 4) is 11.3 Å². The molecule has 0 unspecified atom stereocenters. The lowest BCUT2D eigenvalue weighted by Gasteiger charge is -2.18. The first-order chi connectivity index (χ1) is 11.6. The number of hydrogen-bond acceptors (Lipinski definition) is 3. The molecule has 1 heterocycles. The van der Waals surface area contributed by atoms with Crippen LogP contribution < -0.4 is 5.30 Å². The average molecular weight is 343 g/mol. The van der Waals surface area contributed by atoms with Crippen LogP contribution in [0.25, 0.3) is 22.2 Å². The van der Waals surface area contributed by atoms with Gasteiger partial charge in [-0.05, 0) is 38.5 Å². The number of aromatic nitrogens is 1. The van der Waals surface area contributed by atoms with Crippen molar-refractivity contribution in [2.75, 3.05) is 13.2 Å². The molecular formula is C19H22NO3P. The van der Waals surface area contributed by atoms with Crippen molar-refractivity contribution in [2.45, 2.75) is 20.8 Å². The van der Waals surface area contributed by atoms with Gasteiger partial charge in [-0.3, -0.25) is 4.57 Å². The van der Waals surface area contributed by atoms with Gasteiger partial charge in [0.2, 0.25) is 0 Å². The number of aromatic amines is 1. The predicted molar refractivity (Wildman–Crippen MR) is 99.0 cm³/mol. The Balaban J connectivity index is 2.34. The predicted octanol–water partition coefficient (Wildman–Crippen LogP) is 5.03. The number of fused-ring (bicyclic) bond motifs is 1. The van der Waals surface area contributed by atoms with Gasteiger partial charge in [-0.2, -0.15) is 0 Å². The minimum Gasteiger partial charge on any atom is -0.354 e. The van der Waals surface area contributed by atoms with E-state index in [9.17, 15) is 4.57 Å². The van der Waals surface area contributed by atoms with E-state index in [1.165, 1.54) is 0 Å². The van der Waals surface area contributed by atoms with Gasteiger partial charge in [-0.15, -0.1) is 0 Å². The van der Waals surface area contributed by atoms with Gasteiger partial charge in [-0.1, -0.05) is 42.0 Å². The summed E-state index contributed by atoms with van der Waals surface area (Å²) in [5.74, 6) is 0. The van der Waals surface area contributed by atoms with E-state index in [1.807, 2.05) is 69.3 Å². The van der Waals surface area contributed by atoms with Crippen LogP contribution in [0, 0.1) is 6.92 Å². The summed E-state index contributed by atoms with van der Waals surface area (Å²) >= 11 is 0. The lowest BCUT2D eigenvalue weighted by molar-refractivity contribution is 0.230. The second kappa shape index (κ2) is 6.94. The van der Waals surface area contributed by atoms with Crippen molar-refractivity contribution in [1.82, 2.24) is 4.98 Å². The molecule has 2 aromatic carbocycles. The highest BCUT2D eigenvalue weighted by Crippen LogP contribution is 2.51. The number of benzene rings is 2. The third-order valence-corrected chi connectivity index (χ3v) is 6.07. The van der Waals surface area contributed by atoms with Crippen molar-refractivity contribution in [1.29, 1.82) is 0 Å². The topological polar surface area (TPSA) is 51.3 Å². The van der Waals surface area contributed by atoms with Crippen LogP contribution in [0.15, 0.2) is 48.5 Å². The monoisotopic (exact) mass is 343 g/mol. The zero-order chi connectivity index (χ0) is 17.2. The fraction of sp³-hybridized carbons (Fsp3) is 0.263. The molecule has 0 saturated carbocycles. The molecule has 3 rings (SSSR count). The summed E-state index contributed by atoms with van der Waals surface area (Å²) in [5, 5.41) is 1.51. The molecule has 1 N–H and O–H groups in total. The summed E-state index contributed by atoms with van der Waals surface area (Å²) in [6.45, 7) is 6.32. The highest BCUT2D eigenvalue weighted by Gasteiger charge is 2.34. The number of H-pyrrole nitrogens is 1. The van der Waals surface area contributed by atoms with Gasteiger partial charge < -0.3 is 14.0 Å². The van der Waals surface area contributed by atoms with Crippen molar-refractivity contribution < 1.29 is 13.6 Å². The van der Waals surface area contributed by atoms with Crippen molar-refractivity contribution in [3.63, 3.8) is 0 Å². The van der Waals surface area contributed by atoms with Crippen LogP contribution >= 0.6 is 7.60 Å². The minimum atomic E-state index is -3.42. The summed E-state index contributed by atoms with van der Waals surface area (Å²) in [7, 11) is -3.42. The molecule has 0 amide bonds. The van der Waals surface area contributed by atoms with E-state index < -0.39 is 7.60 Å². The van der Waals surface area contributed by atoms with Gasteiger partial charge in [0.05, 0.1) is 24.2 Å². The maximum absolute atomic E-state index is 13.5. The third kappa shape index (κ3) is 3.05. The van der Waals surface area contributed by atoms with E-state index in [1.54, 1.807) is 0 Å². The summed E-state index contributed by atoms with van der Waals surface area (Å²) in [5.41, 5.74) is 3.78. The fourth-order valence-electron chi connectivity index (χ4n) is 2.90. The van der Waals surface area contributed by atoms with Gasteiger partial charge in [0.25, 0.3) is 0 Å².